The molecule has 0 saturated heterocycles. The molecule has 2 aromatic rings. The van der Waals surface area contributed by atoms with Gasteiger partial charge in [0.2, 0.25) is 0 Å². The highest BCUT2D eigenvalue weighted by molar-refractivity contribution is 9.10. The molecule has 1 N–H and O–H groups in total. The van der Waals surface area contributed by atoms with Gasteiger partial charge in [0.15, 0.2) is 0 Å². The molecule has 2 aromatic carbocycles. The van der Waals surface area contributed by atoms with Crippen molar-refractivity contribution in [2.45, 2.75) is 6.10 Å². The molecule has 0 saturated carbocycles. The zero-order valence-electron chi connectivity index (χ0n) is 9.00. The van der Waals surface area contributed by atoms with Gasteiger partial charge in [-0.2, -0.15) is 0 Å². The minimum Gasteiger partial charge on any atom is -0.384 e. The molecule has 0 amide bonds. The molecule has 18 heavy (non-hydrogen) atoms. The monoisotopic (exact) mass is 364 g/mol. The lowest BCUT2D eigenvalue weighted by Gasteiger charge is -2.15. The third-order valence-corrected chi connectivity index (χ3v) is 4.19. The van der Waals surface area contributed by atoms with E-state index in [0.717, 1.165) is 4.47 Å². The molecule has 0 aliphatic rings. The minimum atomic E-state index is -0.906. The van der Waals surface area contributed by atoms with Gasteiger partial charge in [-0.25, -0.2) is 0 Å². The maximum absolute atomic E-state index is 10.3. The van der Waals surface area contributed by atoms with Gasteiger partial charge in [-0.1, -0.05) is 68.9 Å². The molecule has 0 heterocycles. The number of halogens is 4. The van der Waals surface area contributed by atoms with Crippen molar-refractivity contribution < 1.29 is 5.11 Å². The van der Waals surface area contributed by atoms with Crippen molar-refractivity contribution in [3.05, 3.63) is 67.1 Å². The van der Waals surface area contributed by atoms with Gasteiger partial charge in [-0.05, 0) is 18.2 Å². The van der Waals surface area contributed by atoms with E-state index in [1.807, 2.05) is 6.07 Å². The van der Waals surface area contributed by atoms with Crippen molar-refractivity contribution in [1.29, 1.82) is 0 Å². The molecular formula is C13H8BrCl3O. The lowest BCUT2D eigenvalue weighted by molar-refractivity contribution is 0.220. The fourth-order valence-corrected chi connectivity index (χ4v) is 2.81. The Morgan fingerprint density at radius 1 is 0.944 bits per heavy atom. The molecule has 0 bridgehead atoms. The molecule has 1 atom stereocenters. The highest BCUT2D eigenvalue weighted by atomic mass is 79.9. The maximum atomic E-state index is 10.3. The van der Waals surface area contributed by atoms with E-state index in [0.29, 0.717) is 26.2 Å². The lowest BCUT2D eigenvalue weighted by Crippen LogP contribution is -2.01. The minimum absolute atomic E-state index is 0.339. The van der Waals surface area contributed by atoms with E-state index >= 15 is 0 Å². The molecule has 94 valence electrons. The lowest BCUT2D eigenvalue weighted by atomic mass is 10.0. The first-order chi connectivity index (χ1) is 8.50. The Kier molecular flexibility index (Phi) is 4.57. The Labute approximate surface area is 128 Å². The third-order valence-electron chi connectivity index (χ3n) is 2.53. The number of hydrogen-bond donors (Lipinski definition) is 1. The van der Waals surface area contributed by atoms with Gasteiger partial charge in [-0.15, -0.1) is 0 Å². The summed E-state index contributed by atoms with van der Waals surface area (Å²) in [5.74, 6) is 0. The van der Waals surface area contributed by atoms with Gasteiger partial charge in [0.05, 0.1) is 10.0 Å². The largest absolute Gasteiger partial charge is 0.384 e. The first-order valence-corrected chi connectivity index (χ1v) is 7.00. The fraction of sp³-hybridized carbons (Fsp3) is 0.0769. The quantitative estimate of drug-likeness (QED) is 0.745. The van der Waals surface area contributed by atoms with Crippen LogP contribution in [0.5, 0.6) is 0 Å². The fourth-order valence-electron chi connectivity index (χ4n) is 1.62. The molecule has 5 heteroatoms. The van der Waals surface area contributed by atoms with Gasteiger partial charge in [0.25, 0.3) is 0 Å². The van der Waals surface area contributed by atoms with E-state index in [2.05, 4.69) is 15.9 Å². The van der Waals surface area contributed by atoms with Gasteiger partial charge in [0, 0.05) is 20.6 Å². The summed E-state index contributed by atoms with van der Waals surface area (Å²) in [6.07, 6.45) is -0.906. The standard InChI is InChI=1S/C13H8BrCl3O/c14-7-4-5-8(11(16)6-7)13(18)9-2-1-3-10(15)12(9)17/h1-6,13,18H. The van der Waals surface area contributed by atoms with Crippen LogP contribution in [0.15, 0.2) is 40.9 Å². The van der Waals surface area contributed by atoms with Crippen LogP contribution in [-0.2, 0) is 0 Å². The van der Waals surface area contributed by atoms with Crippen LogP contribution in [0.4, 0.5) is 0 Å². The summed E-state index contributed by atoms with van der Waals surface area (Å²) in [6, 6.07) is 10.4. The summed E-state index contributed by atoms with van der Waals surface area (Å²) < 4.78 is 0.848. The Morgan fingerprint density at radius 2 is 1.67 bits per heavy atom. The number of aliphatic hydroxyl groups excluding tert-OH is 1. The molecule has 0 radical (unpaired) electrons. The normalized spacial score (nSPS) is 12.5. The van der Waals surface area contributed by atoms with E-state index in [9.17, 15) is 5.11 Å². The van der Waals surface area contributed by atoms with Crippen molar-refractivity contribution in [3.8, 4) is 0 Å². The van der Waals surface area contributed by atoms with Crippen LogP contribution in [0, 0.1) is 0 Å². The summed E-state index contributed by atoms with van der Waals surface area (Å²) in [6.45, 7) is 0. The van der Waals surface area contributed by atoms with Crippen molar-refractivity contribution in [2.75, 3.05) is 0 Å². The average Bonchev–Trinajstić information content (AvgIpc) is 2.32. The van der Waals surface area contributed by atoms with Crippen molar-refractivity contribution in [3.63, 3.8) is 0 Å². The van der Waals surface area contributed by atoms with Crippen LogP contribution in [0.2, 0.25) is 15.1 Å². The van der Waals surface area contributed by atoms with Crippen molar-refractivity contribution in [2.24, 2.45) is 0 Å². The van der Waals surface area contributed by atoms with Crippen LogP contribution in [-0.4, -0.2) is 5.11 Å². The first-order valence-electron chi connectivity index (χ1n) is 5.07. The summed E-state index contributed by atoms with van der Waals surface area (Å²) in [5.41, 5.74) is 1.12. The Hall–Kier alpha value is -0.250. The summed E-state index contributed by atoms with van der Waals surface area (Å²) in [7, 11) is 0. The second kappa shape index (κ2) is 5.81. The highest BCUT2D eigenvalue weighted by Gasteiger charge is 2.18. The summed E-state index contributed by atoms with van der Waals surface area (Å²) >= 11 is 21.4. The van der Waals surface area contributed by atoms with Crippen LogP contribution in [0.3, 0.4) is 0 Å². The average molecular weight is 366 g/mol. The van der Waals surface area contributed by atoms with E-state index < -0.39 is 6.10 Å². The van der Waals surface area contributed by atoms with Crippen molar-refractivity contribution >= 4 is 50.7 Å². The van der Waals surface area contributed by atoms with E-state index in [1.165, 1.54) is 0 Å². The van der Waals surface area contributed by atoms with Gasteiger partial charge in [-0.3, -0.25) is 0 Å². The second-order valence-corrected chi connectivity index (χ2v) is 5.82. The topological polar surface area (TPSA) is 20.2 Å². The summed E-state index contributed by atoms with van der Waals surface area (Å²) in [5, 5.41) is 11.5. The molecule has 2 rings (SSSR count). The maximum Gasteiger partial charge on any atom is 0.107 e. The number of benzene rings is 2. The van der Waals surface area contributed by atoms with E-state index in [4.69, 9.17) is 34.8 Å². The Bertz CT molecular complexity index is 586. The number of aliphatic hydroxyl groups is 1. The van der Waals surface area contributed by atoms with E-state index in [-0.39, 0.29) is 0 Å². The zero-order chi connectivity index (χ0) is 13.3. The molecule has 0 aliphatic carbocycles. The molecular weight excluding hydrogens is 358 g/mol. The third kappa shape index (κ3) is 2.84. The molecule has 0 aliphatic heterocycles. The van der Waals surface area contributed by atoms with Crippen LogP contribution in [0.1, 0.15) is 17.2 Å². The molecule has 1 unspecified atom stereocenters. The SMILES string of the molecule is OC(c1ccc(Br)cc1Cl)c1cccc(Cl)c1Cl. The van der Waals surface area contributed by atoms with Crippen LogP contribution < -0.4 is 0 Å². The van der Waals surface area contributed by atoms with Crippen LogP contribution in [0.25, 0.3) is 0 Å². The molecule has 0 fully saturated rings. The summed E-state index contributed by atoms with van der Waals surface area (Å²) in [4.78, 5) is 0. The second-order valence-electron chi connectivity index (χ2n) is 3.71. The number of rotatable bonds is 2. The van der Waals surface area contributed by atoms with Gasteiger partial charge >= 0.3 is 0 Å². The number of hydrogen-bond acceptors (Lipinski definition) is 1. The highest BCUT2D eigenvalue weighted by Crippen LogP contribution is 2.36. The van der Waals surface area contributed by atoms with Crippen molar-refractivity contribution in [1.82, 2.24) is 0 Å². The predicted octanol–water partition coefficient (Wildman–Crippen LogP) is 5.49. The molecule has 1 nitrogen and oxygen atoms in total. The van der Waals surface area contributed by atoms with Gasteiger partial charge in [0.1, 0.15) is 6.10 Å². The Balaban J connectivity index is 2.48. The van der Waals surface area contributed by atoms with E-state index in [1.54, 1.807) is 30.3 Å². The van der Waals surface area contributed by atoms with Crippen LogP contribution >= 0.6 is 50.7 Å². The molecule has 0 spiro atoms. The smallest absolute Gasteiger partial charge is 0.107 e. The molecule has 0 aromatic heterocycles. The Morgan fingerprint density at radius 3 is 2.33 bits per heavy atom. The van der Waals surface area contributed by atoms with Gasteiger partial charge < -0.3 is 5.11 Å². The first kappa shape index (κ1) is 14.2. The predicted molar refractivity (Wildman–Crippen MR) is 79.7 cm³/mol. The zero-order valence-corrected chi connectivity index (χ0v) is 12.9.